The topological polar surface area (TPSA) is 80.8 Å². The minimum Gasteiger partial charge on any atom is -0.454 e. The largest absolute Gasteiger partial charge is 0.454 e. The van der Waals surface area contributed by atoms with Crippen LogP contribution in [0.25, 0.3) is 0 Å². The molecule has 0 unspecified atom stereocenters. The number of rotatable bonds is 4. The highest BCUT2D eigenvalue weighted by Gasteiger charge is 2.37. The van der Waals surface area contributed by atoms with Crippen molar-refractivity contribution in [3.63, 3.8) is 0 Å². The van der Waals surface area contributed by atoms with E-state index >= 15 is 0 Å². The average Bonchev–Trinajstić information content (AvgIpc) is 2.89. The second kappa shape index (κ2) is 7.03. The fourth-order valence-electron chi connectivity index (χ4n) is 2.83. The highest BCUT2D eigenvalue weighted by Crippen LogP contribution is 2.31. The number of aryl methyl sites for hydroxylation is 1. The number of carbonyl (C=O) groups excluding carboxylic acids is 4. The average molecular weight is 379 g/mol. The second-order valence-electron chi connectivity index (χ2n) is 7.74. The lowest BCUT2D eigenvalue weighted by Crippen LogP contribution is -2.29. The molecule has 0 spiro atoms. The molecule has 0 aliphatic carbocycles. The highest BCUT2D eigenvalue weighted by atomic mass is 16.5. The molecule has 0 aromatic heterocycles. The van der Waals surface area contributed by atoms with Crippen molar-refractivity contribution in [2.45, 2.75) is 27.7 Å². The van der Waals surface area contributed by atoms with Crippen molar-refractivity contribution in [1.29, 1.82) is 0 Å². The van der Waals surface area contributed by atoms with Gasteiger partial charge >= 0.3 is 5.97 Å². The normalized spacial score (nSPS) is 13.5. The number of hydrogen-bond donors (Lipinski definition) is 0. The number of amides is 2. The Kier molecular flexibility index (Phi) is 4.89. The van der Waals surface area contributed by atoms with Crippen molar-refractivity contribution in [1.82, 2.24) is 0 Å². The lowest BCUT2D eigenvalue weighted by atomic mass is 9.91. The zero-order chi connectivity index (χ0) is 20.6. The summed E-state index contributed by atoms with van der Waals surface area (Å²) in [5, 5.41) is 0. The maximum absolute atomic E-state index is 12.8. The third-order valence-electron chi connectivity index (χ3n) is 4.65. The molecule has 144 valence electrons. The summed E-state index contributed by atoms with van der Waals surface area (Å²) in [5.41, 5.74) is 1.17. The van der Waals surface area contributed by atoms with Gasteiger partial charge < -0.3 is 4.74 Å². The van der Waals surface area contributed by atoms with Gasteiger partial charge in [-0.3, -0.25) is 14.4 Å². The highest BCUT2D eigenvalue weighted by molar-refractivity contribution is 6.34. The number of Topliss-reactive ketones (excluding diaryl/α,β-unsaturated/α-hetero) is 1. The number of ketones is 1. The SMILES string of the molecule is Cc1ccccc1N1C(=O)c2ccc(C(=O)OCC(=O)C(C)(C)C)cc2C1=O. The number of para-hydroxylation sites is 1. The predicted molar refractivity (Wildman–Crippen MR) is 104 cm³/mol. The van der Waals surface area contributed by atoms with Gasteiger partial charge in [-0.05, 0) is 36.8 Å². The molecule has 3 rings (SSSR count). The van der Waals surface area contributed by atoms with Crippen LogP contribution in [0.3, 0.4) is 0 Å². The summed E-state index contributed by atoms with van der Waals surface area (Å²) < 4.78 is 5.07. The van der Waals surface area contributed by atoms with Gasteiger partial charge in [0.25, 0.3) is 11.8 Å². The maximum atomic E-state index is 12.8. The standard InChI is InChI=1S/C22H21NO5/c1-13-7-5-6-8-17(13)23-19(25)15-10-9-14(11-16(15)20(23)26)21(27)28-12-18(24)22(2,3)4/h5-11H,12H2,1-4H3. The molecule has 1 aliphatic rings. The van der Waals surface area contributed by atoms with E-state index in [4.69, 9.17) is 4.74 Å². The number of hydrogen-bond acceptors (Lipinski definition) is 5. The van der Waals surface area contributed by atoms with Gasteiger partial charge in [0.15, 0.2) is 12.4 Å². The molecule has 0 bridgehead atoms. The predicted octanol–water partition coefficient (Wildman–Crippen LogP) is 3.57. The molecule has 0 N–H and O–H groups in total. The Morgan fingerprint density at radius 1 is 0.964 bits per heavy atom. The van der Waals surface area contributed by atoms with Gasteiger partial charge in [0.2, 0.25) is 0 Å². The van der Waals surface area contributed by atoms with E-state index in [1.54, 1.807) is 32.9 Å². The first-order chi connectivity index (χ1) is 13.1. The number of benzene rings is 2. The summed E-state index contributed by atoms with van der Waals surface area (Å²) in [5.74, 6) is -1.85. The Bertz CT molecular complexity index is 1000. The fraction of sp³-hybridized carbons (Fsp3) is 0.273. The van der Waals surface area contributed by atoms with Crippen molar-refractivity contribution in [3.05, 3.63) is 64.7 Å². The second-order valence-corrected chi connectivity index (χ2v) is 7.74. The Balaban J connectivity index is 1.85. The zero-order valence-corrected chi connectivity index (χ0v) is 16.2. The van der Waals surface area contributed by atoms with E-state index < -0.39 is 23.2 Å². The first-order valence-electron chi connectivity index (χ1n) is 8.90. The first kappa shape index (κ1) is 19.5. The summed E-state index contributed by atoms with van der Waals surface area (Å²) in [6.45, 7) is 6.69. The number of anilines is 1. The van der Waals surface area contributed by atoms with E-state index in [0.29, 0.717) is 5.69 Å². The van der Waals surface area contributed by atoms with E-state index in [9.17, 15) is 19.2 Å². The summed E-state index contributed by atoms with van der Waals surface area (Å²) in [6, 6.07) is 11.3. The molecule has 0 saturated heterocycles. The van der Waals surface area contributed by atoms with Crippen LogP contribution in [0.15, 0.2) is 42.5 Å². The van der Waals surface area contributed by atoms with Crippen LogP contribution in [-0.2, 0) is 9.53 Å². The quantitative estimate of drug-likeness (QED) is 0.599. The van der Waals surface area contributed by atoms with E-state index in [2.05, 4.69) is 0 Å². The maximum Gasteiger partial charge on any atom is 0.338 e. The molecule has 2 aromatic rings. The van der Waals surface area contributed by atoms with Crippen LogP contribution < -0.4 is 4.90 Å². The Morgan fingerprint density at radius 2 is 1.61 bits per heavy atom. The van der Waals surface area contributed by atoms with Crippen LogP contribution in [0, 0.1) is 12.3 Å². The monoisotopic (exact) mass is 379 g/mol. The molecule has 6 nitrogen and oxygen atoms in total. The Labute approximate surface area is 163 Å². The molecule has 0 radical (unpaired) electrons. The molecule has 6 heteroatoms. The molecular weight excluding hydrogens is 358 g/mol. The molecule has 1 aliphatic heterocycles. The number of esters is 1. The molecule has 2 aromatic carbocycles. The zero-order valence-electron chi connectivity index (χ0n) is 16.2. The first-order valence-corrected chi connectivity index (χ1v) is 8.90. The van der Waals surface area contributed by atoms with Crippen molar-refractivity contribution >= 4 is 29.3 Å². The van der Waals surface area contributed by atoms with E-state index in [-0.39, 0.29) is 29.1 Å². The molecule has 2 amide bonds. The van der Waals surface area contributed by atoms with E-state index in [1.807, 2.05) is 19.1 Å². The van der Waals surface area contributed by atoms with Crippen molar-refractivity contribution in [2.75, 3.05) is 11.5 Å². The molecule has 28 heavy (non-hydrogen) atoms. The summed E-state index contributed by atoms with van der Waals surface area (Å²) in [4.78, 5) is 50.9. The van der Waals surface area contributed by atoms with Crippen LogP contribution in [0.2, 0.25) is 0 Å². The van der Waals surface area contributed by atoms with Gasteiger partial charge in [-0.15, -0.1) is 0 Å². The van der Waals surface area contributed by atoms with Crippen LogP contribution in [-0.4, -0.2) is 30.2 Å². The lowest BCUT2D eigenvalue weighted by molar-refractivity contribution is -0.129. The smallest absolute Gasteiger partial charge is 0.338 e. The van der Waals surface area contributed by atoms with Gasteiger partial charge in [-0.2, -0.15) is 0 Å². The number of carbonyl (C=O) groups is 4. The van der Waals surface area contributed by atoms with Gasteiger partial charge in [0.05, 0.1) is 22.4 Å². The van der Waals surface area contributed by atoms with Gasteiger partial charge in [-0.25, -0.2) is 9.69 Å². The van der Waals surface area contributed by atoms with Gasteiger partial charge in [0.1, 0.15) is 0 Å². The summed E-state index contributed by atoms with van der Waals surface area (Å²) >= 11 is 0. The fourth-order valence-corrected chi connectivity index (χ4v) is 2.83. The molecule has 0 fully saturated rings. The molecule has 0 atom stereocenters. The number of fused-ring (bicyclic) bond motifs is 1. The Hall–Kier alpha value is -3.28. The van der Waals surface area contributed by atoms with E-state index in [1.165, 1.54) is 18.2 Å². The number of ether oxygens (including phenoxy) is 1. The van der Waals surface area contributed by atoms with Crippen LogP contribution in [0.4, 0.5) is 5.69 Å². The third kappa shape index (κ3) is 3.45. The van der Waals surface area contributed by atoms with Crippen molar-refractivity contribution in [3.8, 4) is 0 Å². The summed E-state index contributed by atoms with van der Waals surface area (Å²) in [7, 11) is 0. The van der Waals surface area contributed by atoms with Crippen molar-refractivity contribution < 1.29 is 23.9 Å². The molecular formula is C22H21NO5. The van der Waals surface area contributed by atoms with Crippen LogP contribution in [0.5, 0.6) is 0 Å². The number of nitrogens with zero attached hydrogens (tertiary/aromatic N) is 1. The van der Waals surface area contributed by atoms with Gasteiger partial charge in [-0.1, -0.05) is 39.0 Å². The van der Waals surface area contributed by atoms with E-state index in [0.717, 1.165) is 10.5 Å². The van der Waals surface area contributed by atoms with Crippen molar-refractivity contribution in [2.24, 2.45) is 5.41 Å². The number of imide groups is 1. The van der Waals surface area contributed by atoms with Crippen LogP contribution >= 0.6 is 0 Å². The minimum atomic E-state index is -0.713. The lowest BCUT2D eigenvalue weighted by Gasteiger charge is -2.16. The Morgan fingerprint density at radius 3 is 2.25 bits per heavy atom. The third-order valence-corrected chi connectivity index (χ3v) is 4.65. The van der Waals surface area contributed by atoms with Crippen LogP contribution in [0.1, 0.15) is 57.4 Å². The summed E-state index contributed by atoms with van der Waals surface area (Å²) in [6.07, 6.45) is 0. The minimum absolute atomic E-state index is 0.119. The van der Waals surface area contributed by atoms with Gasteiger partial charge in [0, 0.05) is 5.41 Å². The molecule has 1 heterocycles. The molecule has 0 saturated carbocycles.